The van der Waals surface area contributed by atoms with E-state index in [4.69, 9.17) is 23.2 Å². The maximum absolute atomic E-state index is 11.3. The maximum atomic E-state index is 11.3. The van der Waals surface area contributed by atoms with Gasteiger partial charge >= 0.3 is 0 Å². The van der Waals surface area contributed by atoms with E-state index >= 15 is 0 Å². The molecule has 1 saturated heterocycles. The Balaban J connectivity index is 1.99. The number of amides is 1. The van der Waals surface area contributed by atoms with E-state index in [0.717, 1.165) is 37.9 Å². The molecule has 2 rings (SSSR count). The Morgan fingerprint density at radius 3 is 2.47 bits per heavy atom. The lowest BCUT2D eigenvalue weighted by Crippen LogP contribution is -2.37. The first-order chi connectivity index (χ1) is 8.97. The van der Waals surface area contributed by atoms with Crippen LogP contribution in [0.15, 0.2) is 12.1 Å². The number of benzene rings is 1. The van der Waals surface area contributed by atoms with Crippen LogP contribution in [0.4, 0.5) is 0 Å². The lowest BCUT2D eigenvalue weighted by molar-refractivity contribution is -0.130. The molecule has 1 aliphatic heterocycles. The fraction of sp³-hybridized carbons (Fsp3) is 0.500. The van der Waals surface area contributed by atoms with Crippen molar-refractivity contribution in [2.24, 2.45) is 5.92 Å². The molecule has 0 saturated carbocycles. The second kappa shape index (κ2) is 6.02. The van der Waals surface area contributed by atoms with E-state index in [9.17, 15) is 9.90 Å². The van der Waals surface area contributed by atoms with Crippen LogP contribution in [-0.4, -0.2) is 29.0 Å². The van der Waals surface area contributed by atoms with Gasteiger partial charge in [-0.25, -0.2) is 0 Å². The summed E-state index contributed by atoms with van der Waals surface area (Å²) in [6.45, 7) is 3.19. The summed E-state index contributed by atoms with van der Waals surface area (Å²) in [5.41, 5.74) is 0.829. The Hall–Kier alpha value is -0.930. The van der Waals surface area contributed by atoms with E-state index in [0.29, 0.717) is 16.0 Å². The Bertz CT molecular complexity index is 483. The van der Waals surface area contributed by atoms with Crippen molar-refractivity contribution in [1.29, 1.82) is 0 Å². The monoisotopic (exact) mass is 301 g/mol. The van der Waals surface area contributed by atoms with Crippen LogP contribution < -0.4 is 0 Å². The Morgan fingerprint density at radius 2 is 1.89 bits per heavy atom. The minimum absolute atomic E-state index is 0.135. The van der Waals surface area contributed by atoms with Crippen LogP contribution in [0.5, 0.6) is 5.75 Å². The van der Waals surface area contributed by atoms with E-state index in [1.165, 1.54) is 6.07 Å². The highest BCUT2D eigenvalue weighted by Crippen LogP contribution is 2.33. The summed E-state index contributed by atoms with van der Waals surface area (Å²) in [4.78, 5) is 13.1. The highest BCUT2D eigenvalue weighted by Gasteiger charge is 2.22. The Kier molecular flexibility index (Phi) is 4.58. The molecule has 0 aliphatic carbocycles. The zero-order valence-corrected chi connectivity index (χ0v) is 12.3. The summed E-state index contributed by atoms with van der Waals surface area (Å²) < 4.78 is 0. The molecule has 0 spiro atoms. The predicted molar refractivity (Wildman–Crippen MR) is 76.8 cm³/mol. The largest absolute Gasteiger partial charge is 0.508 e. The van der Waals surface area contributed by atoms with Crippen LogP contribution >= 0.6 is 23.2 Å². The number of piperidine rings is 1. The maximum Gasteiger partial charge on any atom is 0.219 e. The molecule has 1 aliphatic rings. The van der Waals surface area contributed by atoms with Gasteiger partial charge in [-0.05, 0) is 36.8 Å². The van der Waals surface area contributed by atoms with Gasteiger partial charge in [-0.1, -0.05) is 23.2 Å². The second-order valence-electron chi connectivity index (χ2n) is 5.05. The van der Waals surface area contributed by atoms with Crippen molar-refractivity contribution in [3.05, 3.63) is 27.7 Å². The fourth-order valence-corrected chi connectivity index (χ4v) is 2.85. The van der Waals surface area contributed by atoms with Crippen LogP contribution in [-0.2, 0) is 11.2 Å². The number of hydrogen-bond acceptors (Lipinski definition) is 2. The van der Waals surface area contributed by atoms with Crippen molar-refractivity contribution in [2.75, 3.05) is 13.1 Å². The van der Waals surface area contributed by atoms with Crippen molar-refractivity contribution in [1.82, 2.24) is 4.90 Å². The van der Waals surface area contributed by atoms with E-state index in [1.54, 1.807) is 13.0 Å². The molecular weight excluding hydrogens is 285 g/mol. The summed E-state index contributed by atoms with van der Waals surface area (Å²) in [5, 5.41) is 10.7. The number of nitrogens with zero attached hydrogens (tertiary/aromatic N) is 1. The molecule has 19 heavy (non-hydrogen) atoms. The highest BCUT2D eigenvalue weighted by atomic mass is 35.5. The Morgan fingerprint density at radius 1 is 1.32 bits per heavy atom. The molecule has 0 radical (unpaired) electrons. The second-order valence-corrected chi connectivity index (χ2v) is 5.86. The van der Waals surface area contributed by atoms with Gasteiger partial charge < -0.3 is 10.0 Å². The number of halogens is 2. The van der Waals surface area contributed by atoms with Gasteiger partial charge in [0, 0.05) is 26.1 Å². The number of phenols is 1. The molecule has 5 heteroatoms. The molecular formula is C14H17Cl2NO2. The highest BCUT2D eigenvalue weighted by molar-refractivity contribution is 6.42. The number of carbonyl (C=O) groups excluding carboxylic acids is 1. The van der Waals surface area contributed by atoms with Crippen LogP contribution in [0.1, 0.15) is 25.3 Å². The molecule has 1 heterocycles. The fourth-order valence-electron chi connectivity index (χ4n) is 2.50. The minimum atomic E-state index is 0.135. The third-order valence-corrected chi connectivity index (χ3v) is 4.41. The summed E-state index contributed by atoms with van der Waals surface area (Å²) in [6, 6.07) is 3.22. The van der Waals surface area contributed by atoms with Gasteiger partial charge in [0.25, 0.3) is 0 Å². The first-order valence-electron chi connectivity index (χ1n) is 6.39. The third-order valence-electron chi connectivity index (χ3n) is 3.69. The number of aromatic hydroxyl groups is 1. The standard InChI is InChI=1S/C14H17Cl2NO2/c1-9(18)17-4-2-10(3-5-17)6-11-7-12(15)13(16)8-14(11)19/h7-8,10,19H,2-6H2,1H3. The van der Waals surface area contributed by atoms with Gasteiger partial charge in [0.2, 0.25) is 5.91 Å². The lowest BCUT2D eigenvalue weighted by atomic mass is 9.90. The number of hydrogen-bond donors (Lipinski definition) is 1. The van der Waals surface area contributed by atoms with Gasteiger partial charge in [0.05, 0.1) is 10.0 Å². The number of likely N-dealkylation sites (tertiary alicyclic amines) is 1. The zero-order valence-electron chi connectivity index (χ0n) is 10.8. The predicted octanol–water partition coefficient (Wildman–Crippen LogP) is 3.50. The lowest BCUT2D eigenvalue weighted by Gasteiger charge is -2.31. The summed E-state index contributed by atoms with van der Waals surface area (Å²) in [5.74, 6) is 0.804. The Labute approximate surface area is 123 Å². The summed E-state index contributed by atoms with van der Waals surface area (Å²) in [7, 11) is 0. The molecule has 1 amide bonds. The first-order valence-corrected chi connectivity index (χ1v) is 7.15. The molecule has 3 nitrogen and oxygen atoms in total. The molecule has 0 unspecified atom stereocenters. The molecule has 1 aromatic rings. The molecule has 0 aromatic heterocycles. The normalized spacial score (nSPS) is 16.7. The minimum Gasteiger partial charge on any atom is -0.508 e. The smallest absolute Gasteiger partial charge is 0.219 e. The molecule has 104 valence electrons. The van der Waals surface area contributed by atoms with Crippen LogP contribution in [0.25, 0.3) is 0 Å². The number of phenolic OH excluding ortho intramolecular Hbond substituents is 1. The van der Waals surface area contributed by atoms with Crippen molar-refractivity contribution >= 4 is 29.1 Å². The third kappa shape index (κ3) is 3.54. The van der Waals surface area contributed by atoms with E-state index < -0.39 is 0 Å². The van der Waals surface area contributed by atoms with Crippen molar-refractivity contribution < 1.29 is 9.90 Å². The topological polar surface area (TPSA) is 40.5 Å². The quantitative estimate of drug-likeness (QED) is 0.908. The van der Waals surface area contributed by atoms with Crippen molar-refractivity contribution in [2.45, 2.75) is 26.2 Å². The van der Waals surface area contributed by atoms with E-state index in [2.05, 4.69) is 0 Å². The molecule has 1 aromatic carbocycles. The van der Waals surface area contributed by atoms with Gasteiger partial charge in [0.1, 0.15) is 5.75 Å². The summed E-state index contributed by atoms with van der Waals surface area (Å²) in [6.07, 6.45) is 2.69. The van der Waals surface area contributed by atoms with Gasteiger partial charge in [-0.2, -0.15) is 0 Å². The molecule has 1 N–H and O–H groups in total. The van der Waals surface area contributed by atoms with Crippen LogP contribution in [0.3, 0.4) is 0 Å². The summed E-state index contributed by atoms with van der Waals surface area (Å²) >= 11 is 11.8. The SMILES string of the molecule is CC(=O)N1CCC(Cc2cc(Cl)c(Cl)cc2O)CC1. The van der Waals surface area contributed by atoms with E-state index in [1.807, 2.05) is 4.90 Å². The van der Waals surface area contributed by atoms with Gasteiger partial charge in [0.15, 0.2) is 0 Å². The molecule has 0 bridgehead atoms. The van der Waals surface area contributed by atoms with Gasteiger partial charge in [-0.3, -0.25) is 4.79 Å². The first kappa shape index (κ1) is 14.5. The average Bonchev–Trinajstić information content (AvgIpc) is 2.36. The number of rotatable bonds is 2. The van der Waals surface area contributed by atoms with E-state index in [-0.39, 0.29) is 11.7 Å². The van der Waals surface area contributed by atoms with Gasteiger partial charge in [-0.15, -0.1) is 0 Å². The van der Waals surface area contributed by atoms with Crippen LogP contribution in [0.2, 0.25) is 10.0 Å². The molecule has 1 fully saturated rings. The van der Waals surface area contributed by atoms with Crippen molar-refractivity contribution in [3.63, 3.8) is 0 Å². The average molecular weight is 302 g/mol. The number of carbonyl (C=O) groups is 1. The molecule has 0 atom stereocenters. The zero-order chi connectivity index (χ0) is 14.0. The van der Waals surface area contributed by atoms with Crippen LogP contribution in [0, 0.1) is 5.92 Å². The van der Waals surface area contributed by atoms with Crippen molar-refractivity contribution in [3.8, 4) is 5.75 Å².